The summed E-state index contributed by atoms with van der Waals surface area (Å²) in [4.78, 5) is 25.6. The molecule has 1 N–H and O–H groups in total. The lowest BCUT2D eigenvalue weighted by molar-refractivity contribution is -0.142. The van der Waals surface area contributed by atoms with Gasteiger partial charge in [-0.05, 0) is 19.9 Å². The van der Waals surface area contributed by atoms with Crippen LogP contribution in [0.5, 0.6) is 0 Å². The lowest BCUT2D eigenvalue weighted by Gasteiger charge is -2.29. The number of aromatic nitrogens is 1. The minimum absolute atomic E-state index is 0.138. The monoisotopic (exact) mass is 314 g/mol. The lowest BCUT2D eigenvalue weighted by Crippen LogP contribution is -2.47. The third-order valence-electron chi connectivity index (χ3n) is 3.79. The largest absolute Gasteiger partial charge is 0.481 e. The summed E-state index contributed by atoms with van der Waals surface area (Å²) in [6.07, 6.45) is 1.70. The summed E-state index contributed by atoms with van der Waals surface area (Å²) < 4.78 is 7.02. The molecule has 7 heteroatoms. The SMILES string of the molecule is CCN(C(=O)c1cc(Cl)cn1CC)C1COCC1C(=O)O. The van der Waals surface area contributed by atoms with E-state index in [-0.39, 0.29) is 19.1 Å². The summed E-state index contributed by atoms with van der Waals surface area (Å²) in [7, 11) is 0. The number of hydrogen-bond acceptors (Lipinski definition) is 3. The second kappa shape index (κ2) is 6.49. The molecule has 2 rings (SSSR count). The fourth-order valence-corrected chi connectivity index (χ4v) is 2.90. The molecule has 1 fully saturated rings. The van der Waals surface area contributed by atoms with Crippen LogP contribution in [0.15, 0.2) is 12.3 Å². The Balaban J connectivity index is 2.28. The van der Waals surface area contributed by atoms with Gasteiger partial charge in [0.1, 0.15) is 11.6 Å². The third-order valence-corrected chi connectivity index (χ3v) is 4.00. The summed E-state index contributed by atoms with van der Waals surface area (Å²) in [6.45, 7) is 5.17. The molecule has 1 aromatic heterocycles. The van der Waals surface area contributed by atoms with Gasteiger partial charge in [0.15, 0.2) is 0 Å². The van der Waals surface area contributed by atoms with Gasteiger partial charge in [-0.15, -0.1) is 0 Å². The number of carbonyl (C=O) groups excluding carboxylic acids is 1. The molecule has 2 atom stereocenters. The van der Waals surface area contributed by atoms with Crippen molar-refractivity contribution in [1.29, 1.82) is 0 Å². The van der Waals surface area contributed by atoms with Crippen molar-refractivity contribution in [2.24, 2.45) is 5.92 Å². The molecule has 1 amide bonds. The standard InChI is InChI=1S/C14H19ClN2O4/c1-3-16-6-9(15)5-11(16)13(18)17(4-2)12-8-21-7-10(12)14(19)20/h5-6,10,12H,3-4,7-8H2,1-2H3,(H,19,20). The van der Waals surface area contributed by atoms with Gasteiger partial charge in [-0.2, -0.15) is 0 Å². The average Bonchev–Trinajstić information content (AvgIpc) is 3.05. The van der Waals surface area contributed by atoms with Crippen LogP contribution in [0.1, 0.15) is 24.3 Å². The molecule has 0 radical (unpaired) electrons. The van der Waals surface area contributed by atoms with Crippen molar-refractivity contribution in [3.63, 3.8) is 0 Å². The van der Waals surface area contributed by atoms with Gasteiger partial charge in [-0.1, -0.05) is 11.6 Å². The van der Waals surface area contributed by atoms with Crippen molar-refractivity contribution in [2.45, 2.75) is 26.4 Å². The van der Waals surface area contributed by atoms with Crippen molar-refractivity contribution in [3.05, 3.63) is 23.0 Å². The summed E-state index contributed by atoms with van der Waals surface area (Å²) in [5.41, 5.74) is 0.473. The van der Waals surface area contributed by atoms with Crippen molar-refractivity contribution in [1.82, 2.24) is 9.47 Å². The summed E-state index contributed by atoms with van der Waals surface area (Å²) in [5, 5.41) is 9.74. The number of ether oxygens (including phenoxy) is 1. The maximum atomic E-state index is 12.7. The third kappa shape index (κ3) is 3.06. The normalized spacial score (nSPS) is 21.5. The Morgan fingerprint density at radius 1 is 1.48 bits per heavy atom. The first-order chi connectivity index (χ1) is 9.99. The van der Waals surface area contributed by atoms with E-state index in [1.54, 1.807) is 21.7 Å². The smallest absolute Gasteiger partial charge is 0.311 e. The van der Waals surface area contributed by atoms with Crippen LogP contribution in [-0.4, -0.2) is 52.3 Å². The first-order valence-electron chi connectivity index (χ1n) is 6.96. The van der Waals surface area contributed by atoms with Crippen LogP contribution in [-0.2, 0) is 16.1 Å². The molecular formula is C14H19ClN2O4. The molecule has 21 heavy (non-hydrogen) atoms. The van der Waals surface area contributed by atoms with Gasteiger partial charge in [0.05, 0.1) is 24.3 Å². The number of aryl methyl sites for hydroxylation is 1. The number of carboxylic acid groups (broad SMARTS) is 1. The molecule has 2 heterocycles. The lowest BCUT2D eigenvalue weighted by atomic mass is 10.0. The van der Waals surface area contributed by atoms with Crippen molar-refractivity contribution in [3.8, 4) is 0 Å². The van der Waals surface area contributed by atoms with E-state index in [1.165, 1.54) is 0 Å². The van der Waals surface area contributed by atoms with Gasteiger partial charge in [-0.3, -0.25) is 9.59 Å². The molecule has 1 aliphatic heterocycles. The zero-order valence-electron chi connectivity index (χ0n) is 12.1. The van der Waals surface area contributed by atoms with Crippen LogP contribution in [0.25, 0.3) is 0 Å². The van der Waals surface area contributed by atoms with E-state index in [1.807, 2.05) is 13.8 Å². The van der Waals surface area contributed by atoms with Gasteiger partial charge >= 0.3 is 5.97 Å². The Bertz CT molecular complexity index is 543. The topological polar surface area (TPSA) is 71.8 Å². The van der Waals surface area contributed by atoms with Crippen LogP contribution in [0.2, 0.25) is 5.02 Å². The molecule has 0 spiro atoms. The number of rotatable bonds is 5. The first kappa shape index (κ1) is 15.9. The Kier molecular flexibility index (Phi) is 4.90. The predicted octanol–water partition coefficient (Wildman–Crippen LogP) is 1.72. The van der Waals surface area contributed by atoms with Gasteiger partial charge in [0, 0.05) is 19.3 Å². The minimum Gasteiger partial charge on any atom is -0.481 e. The fraction of sp³-hybridized carbons (Fsp3) is 0.571. The maximum absolute atomic E-state index is 12.7. The number of carboxylic acids is 1. The Hall–Kier alpha value is -1.53. The molecule has 2 unspecified atom stereocenters. The predicted molar refractivity (Wildman–Crippen MR) is 77.6 cm³/mol. The summed E-state index contributed by atoms with van der Waals surface area (Å²) in [6, 6.07) is 1.17. The van der Waals surface area contributed by atoms with Gasteiger partial charge in [0.2, 0.25) is 0 Å². The molecule has 0 bridgehead atoms. The summed E-state index contributed by atoms with van der Waals surface area (Å²) >= 11 is 5.96. The van der Waals surface area contributed by atoms with Crippen molar-refractivity contribution >= 4 is 23.5 Å². The fourth-order valence-electron chi connectivity index (χ4n) is 2.68. The van der Waals surface area contributed by atoms with Crippen molar-refractivity contribution in [2.75, 3.05) is 19.8 Å². The molecule has 0 saturated carbocycles. The van der Waals surface area contributed by atoms with E-state index in [0.717, 1.165) is 0 Å². The number of hydrogen-bond donors (Lipinski definition) is 1. The molecular weight excluding hydrogens is 296 g/mol. The van der Waals surface area contributed by atoms with E-state index >= 15 is 0 Å². The van der Waals surface area contributed by atoms with Gasteiger partial charge in [-0.25, -0.2) is 0 Å². The highest BCUT2D eigenvalue weighted by molar-refractivity contribution is 6.31. The van der Waals surface area contributed by atoms with Crippen LogP contribution in [0, 0.1) is 5.92 Å². The number of halogens is 1. The van der Waals surface area contributed by atoms with E-state index < -0.39 is 17.9 Å². The second-order valence-electron chi connectivity index (χ2n) is 4.97. The Morgan fingerprint density at radius 2 is 2.19 bits per heavy atom. The second-order valence-corrected chi connectivity index (χ2v) is 5.41. The van der Waals surface area contributed by atoms with E-state index in [4.69, 9.17) is 16.3 Å². The van der Waals surface area contributed by atoms with E-state index in [0.29, 0.717) is 23.8 Å². The quantitative estimate of drug-likeness (QED) is 0.898. The zero-order chi connectivity index (χ0) is 15.6. The Morgan fingerprint density at radius 3 is 2.76 bits per heavy atom. The highest BCUT2D eigenvalue weighted by atomic mass is 35.5. The Labute approximate surface area is 128 Å². The van der Waals surface area contributed by atoms with Crippen molar-refractivity contribution < 1.29 is 19.4 Å². The molecule has 1 aromatic rings. The number of nitrogens with zero attached hydrogens (tertiary/aromatic N) is 2. The zero-order valence-corrected chi connectivity index (χ0v) is 12.8. The van der Waals surface area contributed by atoms with Crippen LogP contribution in [0.3, 0.4) is 0 Å². The molecule has 6 nitrogen and oxygen atoms in total. The maximum Gasteiger partial charge on any atom is 0.311 e. The number of likely N-dealkylation sites (N-methyl/N-ethyl adjacent to an activating group) is 1. The number of carbonyl (C=O) groups is 2. The highest BCUT2D eigenvalue weighted by Crippen LogP contribution is 2.23. The van der Waals surface area contributed by atoms with Crippen LogP contribution in [0.4, 0.5) is 0 Å². The van der Waals surface area contributed by atoms with E-state index in [9.17, 15) is 14.7 Å². The van der Waals surface area contributed by atoms with Gasteiger partial charge in [0.25, 0.3) is 5.91 Å². The average molecular weight is 315 g/mol. The molecule has 0 aliphatic carbocycles. The number of aliphatic carboxylic acids is 1. The molecule has 1 saturated heterocycles. The highest BCUT2D eigenvalue weighted by Gasteiger charge is 2.40. The van der Waals surface area contributed by atoms with Crippen LogP contribution >= 0.6 is 11.6 Å². The minimum atomic E-state index is -0.937. The summed E-state index contributed by atoms with van der Waals surface area (Å²) in [5.74, 6) is -1.84. The van der Waals surface area contributed by atoms with Crippen LogP contribution < -0.4 is 0 Å². The molecule has 1 aliphatic rings. The molecule has 0 aromatic carbocycles. The first-order valence-corrected chi connectivity index (χ1v) is 7.34. The van der Waals surface area contributed by atoms with Gasteiger partial charge < -0.3 is 19.3 Å². The molecule has 116 valence electrons. The van der Waals surface area contributed by atoms with E-state index in [2.05, 4.69) is 0 Å². The number of amides is 1.